The van der Waals surface area contributed by atoms with Crippen LogP contribution in [0.2, 0.25) is 0 Å². The molecule has 0 unspecified atom stereocenters. The van der Waals surface area contributed by atoms with E-state index in [1.54, 1.807) is 32.4 Å². The van der Waals surface area contributed by atoms with E-state index in [4.69, 9.17) is 23.7 Å². The average Bonchev–Trinajstić information content (AvgIpc) is 2.72. The number of benzene rings is 2. The van der Waals surface area contributed by atoms with Gasteiger partial charge in [-0.05, 0) is 36.2 Å². The Morgan fingerprint density at radius 1 is 1.00 bits per heavy atom. The number of carbonyl (C=O) groups is 1. The van der Waals surface area contributed by atoms with Crippen LogP contribution in [0.1, 0.15) is 5.56 Å². The molecule has 1 amide bonds. The van der Waals surface area contributed by atoms with Crippen LogP contribution in [0.25, 0.3) is 0 Å². The molecule has 1 aliphatic rings. The minimum Gasteiger partial charge on any atom is -0.493 e. The first-order chi connectivity index (χ1) is 13.2. The lowest BCUT2D eigenvalue weighted by Crippen LogP contribution is -2.30. The first kappa shape index (κ1) is 18.7. The normalized spacial score (nSPS) is 12.2. The largest absolute Gasteiger partial charge is 0.493 e. The number of ether oxygens (including phenoxy) is 5. The summed E-state index contributed by atoms with van der Waals surface area (Å²) in [6, 6.07) is 10.9. The Morgan fingerprint density at radius 3 is 2.56 bits per heavy atom. The topological polar surface area (TPSA) is 75.3 Å². The molecule has 0 radical (unpaired) electrons. The van der Waals surface area contributed by atoms with E-state index in [-0.39, 0.29) is 12.5 Å². The van der Waals surface area contributed by atoms with Crippen LogP contribution in [0.5, 0.6) is 28.7 Å². The summed E-state index contributed by atoms with van der Waals surface area (Å²) in [5, 5.41) is 2.84. The zero-order chi connectivity index (χ0) is 19.1. The van der Waals surface area contributed by atoms with Crippen LogP contribution in [0.3, 0.4) is 0 Å². The van der Waals surface area contributed by atoms with E-state index >= 15 is 0 Å². The second-order valence-electron chi connectivity index (χ2n) is 5.88. The van der Waals surface area contributed by atoms with Crippen LogP contribution in [-0.2, 0) is 11.2 Å². The molecule has 0 spiro atoms. The first-order valence-electron chi connectivity index (χ1n) is 8.69. The van der Waals surface area contributed by atoms with Crippen molar-refractivity contribution < 1.29 is 28.5 Å². The van der Waals surface area contributed by atoms with Crippen LogP contribution in [-0.4, -0.2) is 46.5 Å². The van der Waals surface area contributed by atoms with Crippen molar-refractivity contribution in [3.8, 4) is 28.7 Å². The Balaban J connectivity index is 1.43. The molecule has 1 heterocycles. The molecule has 0 fully saturated rings. The fourth-order valence-electron chi connectivity index (χ4n) is 2.70. The summed E-state index contributed by atoms with van der Waals surface area (Å²) in [6.45, 7) is 1.48. The number of rotatable bonds is 8. The van der Waals surface area contributed by atoms with E-state index in [1.807, 2.05) is 18.2 Å². The molecule has 0 bridgehead atoms. The van der Waals surface area contributed by atoms with Gasteiger partial charge in [0.05, 0.1) is 14.2 Å². The van der Waals surface area contributed by atoms with Gasteiger partial charge in [-0.1, -0.05) is 6.07 Å². The lowest BCUT2D eigenvalue weighted by atomic mass is 10.1. The standard InChI is InChI=1S/C20H23NO6/c1-23-16-5-3-14(11-18(16)24-2)7-8-21-20(22)13-27-15-4-6-17-19(12-15)26-10-9-25-17/h3-6,11-12H,7-10,13H2,1-2H3,(H,21,22). The summed E-state index contributed by atoms with van der Waals surface area (Å²) >= 11 is 0. The van der Waals surface area contributed by atoms with Crippen LogP contribution >= 0.6 is 0 Å². The van der Waals surface area contributed by atoms with Crippen LogP contribution < -0.4 is 29.0 Å². The van der Waals surface area contributed by atoms with Gasteiger partial charge >= 0.3 is 0 Å². The number of hydrogen-bond donors (Lipinski definition) is 1. The minimum absolute atomic E-state index is 0.0639. The van der Waals surface area contributed by atoms with Crippen molar-refractivity contribution in [2.75, 3.05) is 40.6 Å². The SMILES string of the molecule is COc1ccc(CCNC(=O)COc2ccc3c(c2)OCCO3)cc1OC. The molecular weight excluding hydrogens is 350 g/mol. The fraction of sp³-hybridized carbons (Fsp3) is 0.350. The molecule has 1 N–H and O–H groups in total. The Morgan fingerprint density at radius 2 is 1.78 bits per heavy atom. The van der Waals surface area contributed by atoms with Crippen molar-refractivity contribution in [3.05, 3.63) is 42.0 Å². The van der Waals surface area contributed by atoms with Crippen LogP contribution in [0.4, 0.5) is 0 Å². The van der Waals surface area contributed by atoms with Crippen molar-refractivity contribution in [1.29, 1.82) is 0 Å². The third kappa shape index (κ3) is 4.97. The maximum atomic E-state index is 12.0. The predicted octanol–water partition coefficient (Wildman–Crippen LogP) is 2.21. The molecule has 144 valence electrons. The van der Waals surface area contributed by atoms with Gasteiger partial charge in [0.15, 0.2) is 29.6 Å². The monoisotopic (exact) mass is 373 g/mol. The summed E-state index contributed by atoms with van der Waals surface area (Å²) < 4.78 is 27.0. The minimum atomic E-state index is -0.189. The molecule has 7 heteroatoms. The molecule has 0 aliphatic carbocycles. The molecule has 3 rings (SSSR count). The number of methoxy groups -OCH3 is 2. The number of hydrogen-bond acceptors (Lipinski definition) is 6. The number of carbonyl (C=O) groups excluding carboxylic acids is 1. The fourth-order valence-corrected chi connectivity index (χ4v) is 2.70. The molecule has 2 aromatic rings. The highest BCUT2D eigenvalue weighted by Crippen LogP contribution is 2.33. The lowest BCUT2D eigenvalue weighted by Gasteiger charge is -2.18. The van der Waals surface area contributed by atoms with E-state index in [0.29, 0.717) is 54.9 Å². The van der Waals surface area contributed by atoms with Gasteiger partial charge in [0, 0.05) is 12.6 Å². The summed E-state index contributed by atoms with van der Waals surface area (Å²) in [7, 11) is 3.19. The van der Waals surface area contributed by atoms with Crippen molar-refractivity contribution in [2.24, 2.45) is 0 Å². The van der Waals surface area contributed by atoms with Gasteiger partial charge in [0.25, 0.3) is 5.91 Å². The second kappa shape index (κ2) is 9.02. The third-order valence-corrected chi connectivity index (χ3v) is 4.07. The van der Waals surface area contributed by atoms with E-state index < -0.39 is 0 Å². The second-order valence-corrected chi connectivity index (χ2v) is 5.88. The molecule has 0 saturated heterocycles. The van der Waals surface area contributed by atoms with Crippen molar-refractivity contribution >= 4 is 5.91 Å². The molecule has 2 aromatic carbocycles. The third-order valence-electron chi connectivity index (χ3n) is 4.07. The molecule has 27 heavy (non-hydrogen) atoms. The number of nitrogens with one attached hydrogen (secondary N) is 1. The Hall–Kier alpha value is -3.09. The zero-order valence-electron chi connectivity index (χ0n) is 15.4. The van der Waals surface area contributed by atoms with Gasteiger partial charge in [-0.25, -0.2) is 0 Å². The maximum absolute atomic E-state index is 12.0. The van der Waals surface area contributed by atoms with Gasteiger partial charge in [-0.2, -0.15) is 0 Å². The Bertz CT molecular complexity index is 792. The number of fused-ring (bicyclic) bond motifs is 1. The van der Waals surface area contributed by atoms with Gasteiger partial charge in [-0.15, -0.1) is 0 Å². The smallest absolute Gasteiger partial charge is 0.257 e. The van der Waals surface area contributed by atoms with Gasteiger partial charge in [0.2, 0.25) is 0 Å². The molecule has 0 atom stereocenters. The Labute approximate surface area is 158 Å². The highest BCUT2D eigenvalue weighted by molar-refractivity contribution is 5.77. The van der Waals surface area contributed by atoms with E-state index in [0.717, 1.165) is 5.56 Å². The molecular formula is C20H23NO6. The molecule has 0 aromatic heterocycles. The lowest BCUT2D eigenvalue weighted by molar-refractivity contribution is -0.123. The summed E-state index contributed by atoms with van der Waals surface area (Å²) in [4.78, 5) is 12.0. The maximum Gasteiger partial charge on any atom is 0.257 e. The summed E-state index contributed by atoms with van der Waals surface area (Å²) in [5.74, 6) is 3.04. The predicted molar refractivity (Wildman–Crippen MR) is 99.2 cm³/mol. The van der Waals surface area contributed by atoms with Gasteiger partial charge in [-0.3, -0.25) is 4.79 Å². The van der Waals surface area contributed by atoms with E-state index in [2.05, 4.69) is 5.32 Å². The van der Waals surface area contributed by atoms with Crippen molar-refractivity contribution in [3.63, 3.8) is 0 Å². The first-order valence-corrected chi connectivity index (χ1v) is 8.69. The average molecular weight is 373 g/mol. The highest BCUT2D eigenvalue weighted by Gasteiger charge is 2.13. The van der Waals surface area contributed by atoms with Crippen LogP contribution in [0, 0.1) is 0 Å². The van der Waals surface area contributed by atoms with Crippen molar-refractivity contribution in [1.82, 2.24) is 5.32 Å². The van der Waals surface area contributed by atoms with Crippen LogP contribution in [0.15, 0.2) is 36.4 Å². The van der Waals surface area contributed by atoms with E-state index in [9.17, 15) is 4.79 Å². The summed E-state index contributed by atoms with van der Waals surface area (Å²) in [5.41, 5.74) is 1.04. The van der Waals surface area contributed by atoms with E-state index in [1.165, 1.54) is 0 Å². The molecule has 1 aliphatic heterocycles. The molecule has 0 saturated carbocycles. The van der Waals surface area contributed by atoms with Crippen molar-refractivity contribution in [2.45, 2.75) is 6.42 Å². The quantitative estimate of drug-likeness (QED) is 0.765. The van der Waals surface area contributed by atoms with Gasteiger partial charge < -0.3 is 29.0 Å². The highest BCUT2D eigenvalue weighted by atomic mass is 16.6. The van der Waals surface area contributed by atoms with Gasteiger partial charge in [0.1, 0.15) is 19.0 Å². The number of amides is 1. The molecule has 7 nitrogen and oxygen atoms in total. The zero-order valence-corrected chi connectivity index (χ0v) is 15.4. The summed E-state index contributed by atoms with van der Waals surface area (Å²) in [6.07, 6.45) is 0.677. The Kier molecular flexibility index (Phi) is 6.25.